The molecule has 5 aromatic rings. The summed E-state index contributed by atoms with van der Waals surface area (Å²) >= 11 is 0. The van der Waals surface area contributed by atoms with Crippen molar-refractivity contribution in [1.29, 1.82) is 0 Å². The number of fused-ring (bicyclic) bond motifs is 2. The van der Waals surface area contributed by atoms with Crippen molar-refractivity contribution in [1.82, 2.24) is 14.5 Å². The van der Waals surface area contributed by atoms with Gasteiger partial charge < -0.3 is 4.90 Å². The first-order valence-electron chi connectivity index (χ1n) is 23.2. The fourth-order valence-corrected chi connectivity index (χ4v) is 10.6. The summed E-state index contributed by atoms with van der Waals surface area (Å²) in [6.07, 6.45) is 46.2. The van der Waals surface area contributed by atoms with Gasteiger partial charge in [0, 0.05) is 28.2 Å². The molecule has 5 aliphatic carbocycles. The number of aryl methyl sites for hydroxylation is 4. The number of allylic oxidation sites excluding steroid dienone is 17. The van der Waals surface area contributed by atoms with Crippen molar-refractivity contribution in [3.8, 4) is 22.3 Å². The van der Waals surface area contributed by atoms with Crippen LogP contribution >= 0.6 is 0 Å². The van der Waals surface area contributed by atoms with Crippen molar-refractivity contribution >= 4 is 33.1 Å². The molecule has 10 rings (SSSR count). The normalized spacial score (nSPS) is 19.7. The van der Waals surface area contributed by atoms with Crippen LogP contribution in [0.15, 0.2) is 169 Å². The standard InChI is InChI=1S/C59H59N3/c1-40-34-41(2)37-47(36-40)55-53-22-14-15-23-54(53)56(48-38-42(3)35-43(4)39-48)58-57(55)60-59(62(58)50-20-12-7-13-21-50)46-28-32-52(33-29-46)61(49-18-10-6-11-19-49)51-30-26-45(27-31-51)25-24-44-16-8-5-9-17-44/h5,8-10,12,14-16,18-23,26-28,30,32,34-39,44,51H,6-7,11,13,17,24-25,29,31,33H2,1-4H3. The quantitative estimate of drug-likeness (QED) is 0.140. The smallest absolute Gasteiger partial charge is 0.141 e. The molecule has 0 saturated heterocycles. The van der Waals surface area contributed by atoms with E-state index in [-0.39, 0.29) is 0 Å². The molecule has 0 bridgehead atoms. The fourth-order valence-electron chi connectivity index (χ4n) is 10.6. The van der Waals surface area contributed by atoms with Crippen molar-refractivity contribution < 1.29 is 0 Å². The number of imidazole rings is 1. The zero-order valence-electron chi connectivity index (χ0n) is 37.0. The molecule has 1 heterocycles. The van der Waals surface area contributed by atoms with Crippen LogP contribution in [-0.2, 0) is 0 Å². The molecular formula is C59H59N3. The van der Waals surface area contributed by atoms with E-state index in [2.05, 4.69) is 189 Å². The van der Waals surface area contributed by atoms with Crippen molar-refractivity contribution in [2.24, 2.45) is 5.92 Å². The van der Waals surface area contributed by atoms with Gasteiger partial charge in [-0.25, -0.2) is 4.98 Å². The van der Waals surface area contributed by atoms with Crippen molar-refractivity contribution in [2.45, 2.75) is 97.9 Å². The van der Waals surface area contributed by atoms with Crippen LogP contribution in [0.5, 0.6) is 0 Å². The van der Waals surface area contributed by atoms with Gasteiger partial charge in [-0.15, -0.1) is 0 Å². The highest BCUT2D eigenvalue weighted by Gasteiger charge is 2.29. The predicted molar refractivity (Wildman–Crippen MR) is 265 cm³/mol. The van der Waals surface area contributed by atoms with Gasteiger partial charge in [-0.2, -0.15) is 0 Å². The van der Waals surface area contributed by atoms with Gasteiger partial charge in [-0.05, 0) is 144 Å². The molecule has 1 aromatic heterocycles. The van der Waals surface area contributed by atoms with E-state index in [0.717, 1.165) is 69.1 Å². The lowest BCUT2D eigenvalue weighted by molar-refractivity contribution is 0.355. The fraction of sp³-hybridized carbons (Fsp3) is 0.271. The molecule has 5 aliphatic rings. The number of hydrogen-bond acceptors (Lipinski definition) is 2. The second-order valence-corrected chi connectivity index (χ2v) is 18.2. The van der Waals surface area contributed by atoms with Gasteiger partial charge in [0.15, 0.2) is 0 Å². The van der Waals surface area contributed by atoms with Crippen LogP contribution in [-0.4, -0.2) is 20.5 Å². The summed E-state index contributed by atoms with van der Waals surface area (Å²) in [5.41, 5.74) is 19.0. The number of aromatic nitrogens is 2. The van der Waals surface area contributed by atoms with E-state index in [1.54, 1.807) is 0 Å². The molecule has 2 atom stereocenters. The lowest BCUT2D eigenvalue weighted by atomic mass is 9.88. The summed E-state index contributed by atoms with van der Waals surface area (Å²) in [5, 5.41) is 2.51. The third-order valence-electron chi connectivity index (χ3n) is 13.4. The first-order valence-corrected chi connectivity index (χ1v) is 23.2. The van der Waals surface area contributed by atoms with Crippen LogP contribution in [0.4, 0.5) is 0 Å². The van der Waals surface area contributed by atoms with Crippen LogP contribution in [0.25, 0.3) is 55.3 Å². The third-order valence-corrected chi connectivity index (χ3v) is 13.4. The number of rotatable bonds is 10. The molecule has 0 spiro atoms. The van der Waals surface area contributed by atoms with E-state index >= 15 is 0 Å². The Hall–Kier alpha value is -6.19. The molecule has 3 heteroatoms. The maximum Gasteiger partial charge on any atom is 0.141 e. The Balaban J connectivity index is 1.13. The monoisotopic (exact) mass is 809 g/mol. The summed E-state index contributed by atoms with van der Waals surface area (Å²) in [5.74, 6) is 1.71. The highest BCUT2D eigenvalue weighted by Crippen LogP contribution is 2.47. The maximum atomic E-state index is 5.87. The molecule has 0 saturated carbocycles. The molecule has 4 aromatic carbocycles. The van der Waals surface area contributed by atoms with Gasteiger partial charge in [0.05, 0.1) is 17.1 Å². The highest BCUT2D eigenvalue weighted by atomic mass is 15.2. The van der Waals surface area contributed by atoms with Crippen LogP contribution in [0.2, 0.25) is 0 Å². The van der Waals surface area contributed by atoms with Crippen LogP contribution in [0.3, 0.4) is 0 Å². The summed E-state index contributed by atoms with van der Waals surface area (Å²) in [6, 6.07) is 23.3. The Morgan fingerprint density at radius 1 is 0.661 bits per heavy atom. The topological polar surface area (TPSA) is 21.1 Å². The lowest BCUT2D eigenvalue weighted by Crippen LogP contribution is -2.33. The SMILES string of the molecule is Cc1cc(C)cc(-c2c3ccccc3c(-c3cc(C)cc(C)c3)c3c2nc(C2=CC=C(N(C4=CCCC=C4)C4C=CC(CCC5C=CC=CC5)=CC4)CC2)n3C2=CCCC=C2)c1. The average molecular weight is 810 g/mol. The highest BCUT2D eigenvalue weighted by molar-refractivity contribution is 6.20. The Morgan fingerprint density at radius 2 is 1.37 bits per heavy atom. The minimum Gasteiger partial charge on any atom is -0.338 e. The molecule has 0 radical (unpaired) electrons. The zero-order chi connectivity index (χ0) is 42.2. The van der Waals surface area contributed by atoms with Crippen LogP contribution < -0.4 is 0 Å². The predicted octanol–water partition coefficient (Wildman–Crippen LogP) is 15.7. The van der Waals surface area contributed by atoms with E-state index in [9.17, 15) is 0 Å². The Kier molecular flexibility index (Phi) is 11.1. The van der Waals surface area contributed by atoms with Gasteiger partial charge in [0.25, 0.3) is 0 Å². The van der Waals surface area contributed by atoms with Gasteiger partial charge in [0.2, 0.25) is 0 Å². The van der Waals surface area contributed by atoms with Gasteiger partial charge in [0.1, 0.15) is 5.82 Å². The first kappa shape index (κ1) is 39.9. The van der Waals surface area contributed by atoms with Crippen molar-refractivity contribution in [3.05, 3.63) is 197 Å². The maximum absolute atomic E-state index is 5.87. The summed E-state index contributed by atoms with van der Waals surface area (Å²) < 4.78 is 2.53. The molecule has 2 unspecified atom stereocenters. The van der Waals surface area contributed by atoms with Crippen molar-refractivity contribution in [2.75, 3.05) is 0 Å². The van der Waals surface area contributed by atoms with Gasteiger partial charge in [-0.3, -0.25) is 4.57 Å². The Morgan fingerprint density at radius 3 is 1.98 bits per heavy atom. The molecule has 0 N–H and O–H groups in total. The summed E-state index contributed by atoms with van der Waals surface area (Å²) in [7, 11) is 0. The van der Waals surface area contributed by atoms with E-state index in [4.69, 9.17) is 4.98 Å². The van der Waals surface area contributed by atoms with E-state index in [1.807, 2.05) is 0 Å². The number of hydrogen-bond donors (Lipinski definition) is 0. The van der Waals surface area contributed by atoms with Gasteiger partial charge >= 0.3 is 0 Å². The zero-order valence-corrected chi connectivity index (χ0v) is 37.0. The average Bonchev–Trinajstić information content (AvgIpc) is 3.68. The molecule has 3 nitrogen and oxygen atoms in total. The first-order chi connectivity index (χ1) is 30.4. The second-order valence-electron chi connectivity index (χ2n) is 18.2. The van der Waals surface area contributed by atoms with E-state index in [0.29, 0.717) is 12.0 Å². The Bertz CT molecular complexity index is 2860. The van der Waals surface area contributed by atoms with Gasteiger partial charge in [-0.1, -0.05) is 161 Å². The molecule has 0 fully saturated rings. The lowest BCUT2D eigenvalue weighted by Gasteiger charge is -2.37. The largest absolute Gasteiger partial charge is 0.338 e. The number of nitrogens with zero attached hydrogens (tertiary/aromatic N) is 3. The van der Waals surface area contributed by atoms with Crippen LogP contribution in [0, 0.1) is 33.6 Å². The molecule has 62 heavy (non-hydrogen) atoms. The third kappa shape index (κ3) is 7.90. The second kappa shape index (κ2) is 17.3. The molecule has 310 valence electrons. The summed E-state index contributed by atoms with van der Waals surface area (Å²) in [4.78, 5) is 8.50. The minimum absolute atomic E-state index is 0.293. The minimum atomic E-state index is 0.293. The molecule has 0 aliphatic heterocycles. The molecular weight excluding hydrogens is 751 g/mol. The number of benzene rings is 4. The molecule has 0 amide bonds. The van der Waals surface area contributed by atoms with E-state index < -0.39 is 0 Å². The van der Waals surface area contributed by atoms with E-state index in [1.165, 1.54) is 95.5 Å². The summed E-state index contributed by atoms with van der Waals surface area (Å²) in [6.45, 7) is 8.88. The Labute approximate surface area is 369 Å². The van der Waals surface area contributed by atoms with Crippen molar-refractivity contribution in [3.63, 3.8) is 0 Å². The van der Waals surface area contributed by atoms with Crippen LogP contribution in [0.1, 0.15) is 92.3 Å².